The largest absolute Gasteiger partial charge is 0.465 e. The minimum Gasteiger partial charge on any atom is -0.465 e. The van der Waals surface area contributed by atoms with Gasteiger partial charge in [-0.2, -0.15) is 11.8 Å². The second kappa shape index (κ2) is 8.78. The Morgan fingerprint density at radius 2 is 1.94 bits per heavy atom. The van der Waals surface area contributed by atoms with E-state index in [4.69, 9.17) is 4.74 Å². The second-order valence-corrected chi connectivity index (χ2v) is 5.82. The van der Waals surface area contributed by atoms with Crippen molar-refractivity contribution in [3.63, 3.8) is 0 Å². The van der Waals surface area contributed by atoms with E-state index in [0.717, 1.165) is 0 Å². The van der Waals surface area contributed by atoms with Gasteiger partial charge in [0, 0.05) is 17.0 Å². The maximum atomic E-state index is 11.7. The quantitative estimate of drug-likeness (QED) is 0.649. The Hall–Kier alpha value is -0.260. The first-order valence-electron chi connectivity index (χ1n) is 6.10. The molecule has 0 radical (unpaired) electrons. The van der Waals surface area contributed by atoms with E-state index in [0.29, 0.717) is 12.4 Å². The number of ether oxygens (including phenoxy) is 1. The molecule has 0 aromatic rings. The molecular formula is C12H25NO3S. The molecule has 102 valence electrons. The fraction of sp³-hybridized carbons (Fsp3) is 0.917. The van der Waals surface area contributed by atoms with E-state index < -0.39 is 0 Å². The summed E-state index contributed by atoms with van der Waals surface area (Å²) in [7, 11) is 0. The number of nitrogens with one attached hydrogen (secondary N) is 1. The van der Waals surface area contributed by atoms with Gasteiger partial charge in [0.05, 0.1) is 12.7 Å². The Morgan fingerprint density at radius 1 is 1.35 bits per heavy atom. The number of aliphatic hydroxyl groups is 1. The van der Waals surface area contributed by atoms with Gasteiger partial charge < -0.3 is 15.2 Å². The van der Waals surface area contributed by atoms with E-state index >= 15 is 0 Å². The van der Waals surface area contributed by atoms with Crippen LogP contribution in [0.4, 0.5) is 0 Å². The predicted molar refractivity (Wildman–Crippen MR) is 72.3 cm³/mol. The first-order valence-corrected chi connectivity index (χ1v) is 7.15. The van der Waals surface area contributed by atoms with E-state index in [2.05, 4.69) is 5.32 Å². The lowest BCUT2D eigenvalue weighted by molar-refractivity contribution is -0.145. The molecule has 5 heteroatoms. The van der Waals surface area contributed by atoms with Gasteiger partial charge in [0.1, 0.15) is 6.04 Å². The number of aliphatic hydroxyl groups excluding tert-OH is 1. The zero-order chi connectivity index (χ0) is 13.4. The molecule has 0 spiro atoms. The summed E-state index contributed by atoms with van der Waals surface area (Å²) in [6.45, 7) is 9.89. The van der Waals surface area contributed by atoms with Gasteiger partial charge in [0.2, 0.25) is 0 Å². The van der Waals surface area contributed by atoms with Crippen molar-refractivity contribution in [3.8, 4) is 0 Å². The van der Waals surface area contributed by atoms with E-state index in [1.807, 2.05) is 20.8 Å². The molecule has 4 nitrogen and oxygen atoms in total. The molecule has 0 aromatic carbocycles. The summed E-state index contributed by atoms with van der Waals surface area (Å²) in [6.07, 6.45) is -0.373. The highest BCUT2D eigenvalue weighted by molar-refractivity contribution is 8.00. The molecule has 0 amide bonds. The number of hydrogen-bond acceptors (Lipinski definition) is 5. The molecule has 3 atom stereocenters. The Morgan fingerprint density at radius 3 is 2.35 bits per heavy atom. The van der Waals surface area contributed by atoms with Crippen molar-refractivity contribution in [2.75, 3.05) is 12.4 Å². The van der Waals surface area contributed by atoms with E-state index in [9.17, 15) is 9.90 Å². The van der Waals surface area contributed by atoms with Crippen LogP contribution in [-0.2, 0) is 9.53 Å². The van der Waals surface area contributed by atoms with Crippen molar-refractivity contribution in [2.45, 2.75) is 58.1 Å². The summed E-state index contributed by atoms with van der Waals surface area (Å²) in [5.74, 6) is 0.398. The topological polar surface area (TPSA) is 58.6 Å². The Labute approximate surface area is 108 Å². The third kappa shape index (κ3) is 7.63. The fourth-order valence-corrected chi connectivity index (χ4v) is 2.22. The van der Waals surface area contributed by atoms with Crippen LogP contribution in [0.2, 0.25) is 0 Å². The molecule has 0 aliphatic carbocycles. The van der Waals surface area contributed by atoms with Crippen molar-refractivity contribution in [1.82, 2.24) is 5.32 Å². The minimum atomic E-state index is -0.373. The van der Waals surface area contributed by atoms with Gasteiger partial charge in [-0.1, -0.05) is 20.8 Å². The van der Waals surface area contributed by atoms with Gasteiger partial charge in [-0.15, -0.1) is 0 Å². The van der Waals surface area contributed by atoms with Crippen LogP contribution in [0, 0.1) is 0 Å². The van der Waals surface area contributed by atoms with Crippen molar-refractivity contribution >= 4 is 17.7 Å². The first kappa shape index (κ1) is 16.7. The van der Waals surface area contributed by atoms with Gasteiger partial charge in [0.25, 0.3) is 0 Å². The Balaban J connectivity index is 4.23. The van der Waals surface area contributed by atoms with Crippen molar-refractivity contribution in [1.29, 1.82) is 0 Å². The average Bonchev–Trinajstić information content (AvgIpc) is 2.23. The summed E-state index contributed by atoms with van der Waals surface area (Å²) in [5, 5.41) is 12.7. The van der Waals surface area contributed by atoms with Gasteiger partial charge >= 0.3 is 5.97 Å². The predicted octanol–water partition coefficient (Wildman–Crippen LogP) is 1.42. The lowest BCUT2D eigenvalue weighted by Gasteiger charge is -2.22. The summed E-state index contributed by atoms with van der Waals surface area (Å²) < 4.78 is 5.02. The fourth-order valence-electron chi connectivity index (χ4n) is 1.22. The summed E-state index contributed by atoms with van der Waals surface area (Å²) in [5.41, 5.74) is 0. The molecule has 0 aliphatic heterocycles. The van der Waals surface area contributed by atoms with E-state index in [-0.39, 0.29) is 29.4 Å². The molecule has 2 N–H and O–H groups in total. The van der Waals surface area contributed by atoms with Crippen LogP contribution in [0.15, 0.2) is 0 Å². The van der Waals surface area contributed by atoms with Crippen molar-refractivity contribution in [3.05, 3.63) is 0 Å². The van der Waals surface area contributed by atoms with Crippen LogP contribution < -0.4 is 5.32 Å². The van der Waals surface area contributed by atoms with Crippen molar-refractivity contribution < 1.29 is 14.6 Å². The zero-order valence-electron chi connectivity index (χ0n) is 11.4. The molecule has 0 bridgehead atoms. The number of carbonyl (C=O) groups is 1. The highest BCUT2D eigenvalue weighted by atomic mass is 32.2. The number of thioether (sulfide) groups is 1. The highest BCUT2D eigenvalue weighted by Crippen LogP contribution is 2.16. The molecule has 17 heavy (non-hydrogen) atoms. The lowest BCUT2D eigenvalue weighted by atomic mass is 10.3. The van der Waals surface area contributed by atoms with Gasteiger partial charge in [-0.05, 0) is 13.8 Å². The number of carbonyl (C=O) groups excluding carboxylic acids is 1. The molecule has 0 aromatic heterocycles. The first-order chi connectivity index (χ1) is 7.88. The average molecular weight is 263 g/mol. The van der Waals surface area contributed by atoms with Crippen LogP contribution in [-0.4, -0.2) is 46.9 Å². The summed E-state index contributed by atoms with van der Waals surface area (Å²) in [6, 6.07) is -0.0759. The third-order valence-electron chi connectivity index (χ3n) is 2.31. The standard InChI is InChI=1S/C12H25NO3S/c1-6-16-12(15)11(13-8(2)3)7-17-10(5)9(4)14/h8-11,13-14H,6-7H2,1-5H3. The lowest BCUT2D eigenvalue weighted by Crippen LogP contribution is -2.44. The monoisotopic (exact) mass is 263 g/mol. The van der Waals surface area contributed by atoms with Gasteiger partial charge in [-0.25, -0.2) is 0 Å². The smallest absolute Gasteiger partial charge is 0.323 e. The van der Waals surface area contributed by atoms with Gasteiger partial charge in [-0.3, -0.25) is 4.79 Å². The third-order valence-corrected chi connectivity index (χ3v) is 3.76. The van der Waals surface area contributed by atoms with Crippen LogP contribution in [0.1, 0.15) is 34.6 Å². The second-order valence-electron chi connectivity index (χ2n) is 4.41. The maximum Gasteiger partial charge on any atom is 0.323 e. The zero-order valence-corrected chi connectivity index (χ0v) is 12.2. The summed E-state index contributed by atoms with van der Waals surface area (Å²) in [4.78, 5) is 11.7. The molecule has 0 fully saturated rings. The van der Waals surface area contributed by atoms with E-state index in [1.54, 1.807) is 25.6 Å². The normalized spacial score (nSPS) is 16.6. The van der Waals surface area contributed by atoms with Crippen LogP contribution >= 0.6 is 11.8 Å². The van der Waals surface area contributed by atoms with Gasteiger partial charge in [0.15, 0.2) is 0 Å². The molecule has 0 heterocycles. The summed E-state index contributed by atoms with van der Waals surface area (Å²) >= 11 is 1.58. The molecule has 0 saturated heterocycles. The number of rotatable bonds is 8. The van der Waals surface area contributed by atoms with Crippen LogP contribution in [0.3, 0.4) is 0 Å². The molecule has 0 rings (SSSR count). The number of esters is 1. The van der Waals surface area contributed by atoms with E-state index in [1.165, 1.54) is 0 Å². The Kier molecular flexibility index (Phi) is 8.64. The van der Waals surface area contributed by atoms with Crippen LogP contribution in [0.25, 0.3) is 0 Å². The molecular weight excluding hydrogens is 238 g/mol. The SMILES string of the molecule is CCOC(=O)C(CSC(C)C(C)O)NC(C)C. The Bertz CT molecular complexity index is 222. The van der Waals surface area contributed by atoms with Crippen molar-refractivity contribution in [2.24, 2.45) is 0 Å². The molecule has 0 saturated carbocycles. The highest BCUT2D eigenvalue weighted by Gasteiger charge is 2.22. The molecule has 0 aliphatic rings. The maximum absolute atomic E-state index is 11.7. The minimum absolute atomic E-state index is 0.112. The van der Waals surface area contributed by atoms with Crippen LogP contribution in [0.5, 0.6) is 0 Å². The molecule has 3 unspecified atom stereocenters. The number of hydrogen-bond donors (Lipinski definition) is 2.